The first-order valence-electron chi connectivity index (χ1n) is 4.64. The standard InChI is InChI=1S/C9H6Br2N4O3/c1-18-7-4-5(2-3-6(7)15(16)17)14-12-8(10)9(11)13-14/h2-4H,1H3. The number of benzene rings is 1. The molecule has 18 heavy (non-hydrogen) atoms. The molecule has 9 heteroatoms. The summed E-state index contributed by atoms with van der Waals surface area (Å²) < 4.78 is 6.05. The lowest BCUT2D eigenvalue weighted by Gasteiger charge is -2.04. The van der Waals surface area contributed by atoms with Crippen molar-refractivity contribution in [3.05, 3.63) is 37.5 Å². The molecular formula is C9H6Br2N4O3. The third-order valence-electron chi connectivity index (χ3n) is 2.13. The number of nitro benzene ring substituents is 1. The lowest BCUT2D eigenvalue weighted by molar-refractivity contribution is -0.385. The molecule has 2 rings (SSSR count). The zero-order valence-electron chi connectivity index (χ0n) is 9.00. The minimum absolute atomic E-state index is 0.105. The Morgan fingerprint density at radius 3 is 2.44 bits per heavy atom. The Bertz CT molecular complexity index is 594. The van der Waals surface area contributed by atoms with Crippen LogP contribution in [0.5, 0.6) is 5.75 Å². The van der Waals surface area contributed by atoms with Crippen LogP contribution < -0.4 is 4.74 Å². The predicted molar refractivity (Wildman–Crippen MR) is 70.0 cm³/mol. The van der Waals surface area contributed by atoms with Crippen molar-refractivity contribution in [2.75, 3.05) is 7.11 Å². The Morgan fingerprint density at radius 1 is 1.33 bits per heavy atom. The van der Waals surface area contributed by atoms with Crippen LogP contribution in [0.3, 0.4) is 0 Å². The number of halogens is 2. The average Bonchev–Trinajstić information content (AvgIpc) is 2.68. The zero-order valence-corrected chi connectivity index (χ0v) is 12.2. The average molecular weight is 378 g/mol. The van der Waals surface area contributed by atoms with E-state index in [9.17, 15) is 10.1 Å². The lowest BCUT2D eigenvalue weighted by atomic mass is 10.2. The van der Waals surface area contributed by atoms with Crippen LogP contribution >= 0.6 is 31.9 Å². The molecule has 1 aromatic carbocycles. The van der Waals surface area contributed by atoms with Gasteiger partial charge >= 0.3 is 5.69 Å². The molecule has 1 aromatic heterocycles. The van der Waals surface area contributed by atoms with E-state index >= 15 is 0 Å². The molecule has 0 bridgehead atoms. The molecule has 0 aliphatic rings. The molecular weight excluding hydrogens is 372 g/mol. The van der Waals surface area contributed by atoms with Crippen LogP contribution in [0.4, 0.5) is 5.69 Å². The number of ether oxygens (including phenoxy) is 1. The van der Waals surface area contributed by atoms with Gasteiger partial charge in [-0.3, -0.25) is 10.1 Å². The number of methoxy groups -OCH3 is 1. The predicted octanol–water partition coefficient (Wildman–Crippen LogP) is 2.71. The number of nitro groups is 1. The van der Waals surface area contributed by atoms with Crippen LogP contribution in [0.15, 0.2) is 27.4 Å². The van der Waals surface area contributed by atoms with E-state index in [-0.39, 0.29) is 11.4 Å². The van der Waals surface area contributed by atoms with Gasteiger partial charge < -0.3 is 4.74 Å². The van der Waals surface area contributed by atoms with E-state index in [1.54, 1.807) is 6.07 Å². The van der Waals surface area contributed by atoms with E-state index < -0.39 is 4.92 Å². The summed E-state index contributed by atoms with van der Waals surface area (Å²) in [6.07, 6.45) is 0. The molecule has 0 fully saturated rings. The monoisotopic (exact) mass is 376 g/mol. The highest BCUT2D eigenvalue weighted by molar-refractivity contribution is 9.13. The Morgan fingerprint density at radius 2 is 1.94 bits per heavy atom. The molecule has 0 aliphatic carbocycles. The highest BCUT2D eigenvalue weighted by Crippen LogP contribution is 2.29. The van der Waals surface area contributed by atoms with E-state index in [0.717, 1.165) is 0 Å². The number of hydrogen-bond acceptors (Lipinski definition) is 5. The molecule has 0 saturated heterocycles. The van der Waals surface area contributed by atoms with Crippen molar-refractivity contribution in [3.8, 4) is 11.4 Å². The summed E-state index contributed by atoms with van der Waals surface area (Å²) in [6, 6.07) is 4.38. The summed E-state index contributed by atoms with van der Waals surface area (Å²) in [6.45, 7) is 0. The smallest absolute Gasteiger partial charge is 0.311 e. The van der Waals surface area contributed by atoms with E-state index in [4.69, 9.17) is 4.74 Å². The molecule has 1 heterocycles. The summed E-state index contributed by atoms with van der Waals surface area (Å²) in [7, 11) is 1.37. The largest absolute Gasteiger partial charge is 0.490 e. The molecule has 7 nitrogen and oxygen atoms in total. The highest BCUT2D eigenvalue weighted by Gasteiger charge is 2.16. The van der Waals surface area contributed by atoms with Crippen LogP contribution in [0, 0.1) is 10.1 Å². The van der Waals surface area contributed by atoms with E-state index in [1.807, 2.05) is 0 Å². The minimum atomic E-state index is -0.509. The van der Waals surface area contributed by atoms with Crippen molar-refractivity contribution in [3.63, 3.8) is 0 Å². The molecule has 0 radical (unpaired) electrons. The number of hydrogen-bond donors (Lipinski definition) is 0. The Hall–Kier alpha value is -1.48. The maximum absolute atomic E-state index is 10.8. The molecule has 0 amide bonds. The number of aromatic nitrogens is 3. The van der Waals surface area contributed by atoms with Crippen LogP contribution in [0.2, 0.25) is 0 Å². The van der Waals surface area contributed by atoms with Gasteiger partial charge in [-0.25, -0.2) is 0 Å². The Kier molecular flexibility index (Phi) is 3.62. The van der Waals surface area contributed by atoms with Gasteiger partial charge in [0.15, 0.2) is 15.0 Å². The van der Waals surface area contributed by atoms with Crippen molar-refractivity contribution in [1.82, 2.24) is 15.0 Å². The maximum Gasteiger partial charge on any atom is 0.311 e. The lowest BCUT2D eigenvalue weighted by Crippen LogP contribution is -2.01. The molecule has 0 atom stereocenters. The van der Waals surface area contributed by atoms with Crippen LogP contribution in [-0.4, -0.2) is 27.0 Å². The summed E-state index contributed by atoms with van der Waals surface area (Å²) in [5.74, 6) is 0.155. The second kappa shape index (κ2) is 5.02. The van der Waals surface area contributed by atoms with Crippen molar-refractivity contribution in [2.24, 2.45) is 0 Å². The van der Waals surface area contributed by atoms with E-state index in [1.165, 1.54) is 24.0 Å². The second-order valence-corrected chi connectivity index (χ2v) is 4.69. The van der Waals surface area contributed by atoms with Crippen LogP contribution in [0.1, 0.15) is 0 Å². The summed E-state index contributed by atoms with van der Waals surface area (Å²) >= 11 is 6.41. The zero-order chi connectivity index (χ0) is 13.3. The molecule has 0 saturated carbocycles. The first-order chi connectivity index (χ1) is 8.52. The molecule has 0 spiro atoms. The number of rotatable bonds is 3. The van der Waals surface area contributed by atoms with Gasteiger partial charge in [0.1, 0.15) is 0 Å². The van der Waals surface area contributed by atoms with Crippen molar-refractivity contribution < 1.29 is 9.66 Å². The third kappa shape index (κ3) is 2.36. The summed E-state index contributed by atoms with van der Waals surface area (Å²) in [4.78, 5) is 11.6. The fourth-order valence-electron chi connectivity index (χ4n) is 1.33. The van der Waals surface area contributed by atoms with Gasteiger partial charge in [-0.05, 0) is 37.9 Å². The van der Waals surface area contributed by atoms with E-state index in [2.05, 4.69) is 42.1 Å². The highest BCUT2D eigenvalue weighted by atomic mass is 79.9. The van der Waals surface area contributed by atoms with Gasteiger partial charge in [-0.1, -0.05) is 0 Å². The summed E-state index contributed by atoms with van der Waals surface area (Å²) in [5.41, 5.74) is 0.454. The van der Waals surface area contributed by atoms with Gasteiger partial charge in [0.25, 0.3) is 0 Å². The Balaban J connectivity index is 2.50. The SMILES string of the molecule is COc1cc(-n2nc(Br)c(Br)n2)ccc1[N+](=O)[O-]. The van der Waals surface area contributed by atoms with Gasteiger partial charge in [0, 0.05) is 12.1 Å². The molecule has 0 aliphatic heterocycles. The second-order valence-electron chi connectivity index (χ2n) is 3.18. The van der Waals surface area contributed by atoms with Crippen molar-refractivity contribution >= 4 is 37.5 Å². The molecule has 0 N–H and O–H groups in total. The fourth-order valence-corrected chi connectivity index (χ4v) is 1.79. The van der Waals surface area contributed by atoms with Gasteiger partial charge in [0.2, 0.25) is 0 Å². The minimum Gasteiger partial charge on any atom is -0.490 e. The van der Waals surface area contributed by atoms with Gasteiger partial charge in [-0.2, -0.15) is 0 Å². The van der Waals surface area contributed by atoms with Crippen LogP contribution in [-0.2, 0) is 0 Å². The molecule has 94 valence electrons. The molecule has 0 unspecified atom stereocenters. The topological polar surface area (TPSA) is 83.1 Å². The Labute approximate surface area is 118 Å². The summed E-state index contributed by atoms with van der Waals surface area (Å²) in [5, 5.41) is 18.9. The fraction of sp³-hybridized carbons (Fsp3) is 0.111. The first kappa shape index (κ1) is 13.0. The third-order valence-corrected chi connectivity index (χ3v) is 3.73. The van der Waals surface area contributed by atoms with Crippen molar-refractivity contribution in [1.29, 1.82) is 0 Å². The van der Waals surface area contributed by atoms with Gasteiger partial charge in [-0.15, -0.1) is 15.0 Å². The molecule has 2 aromatic rings. The number of nitrogens with zero attached hydrogens (tertiary/aromatic N) is 4. The van der Waals surface area contributed by atoms with E-state index in [0.29, 0.717) is 14.9 Å². The normalized spacial score (nSPS) is 10.4. The van der Waals surface area contributed by atoms with Gasteiger partial charge in [0.05, 0.1) is 17.7 Å². The van der Waals surface area contributed by atoms with Crippen molar-refractivity contribution in [2.45, 2.75) is 0 Å². The first-order valence-corrected chi connectivity index (χ1v) is 6.22. The van der Waals surface area contributed by atoms with Crippen LogP contribution in [0.25, 0.3) is 5.69 Å². The quantitative estimate of drug-likeness (QED) is 0.606. The maximum atomic E-state index is 10.8.